The highest BCUT2D eigenvalue weighted by atomic mass is 32.2. The highest BCUT2D eigenvalue weighted by Gasteiger charge is 2.18. The van der Waals surface area contributed by atoms with Gasteiger partial charge in [0.1, 0.15) is 0 Å². The van der Waals surface area contributed by atoms with Gasteiger partial charge in [0.2, 0.25) is 15.9 Å². The number of carbonyl (C=O) groups excluding carboxylic acids is 2. The van der Waals surface area contributed by atoms with Crippen molar-refractivity contribution in [2.75, 3.05) is 19.4 Å². The Morgan fingerprint density at radius 1 is 1.10 bits per heavy atom. The first-order valence-electron chi connectivity index (χ1n) is 8.97. The molecule has 0 unspecified atom stereocenters. The largest absolute Gasteiger partial charge is 0.330 e. The van der Waals surface area contributed by atoms with E-state index in [1.165, 1.54) is 33.2 Å². The van der Waals surface area contributed by atoms with Crippen molar-refractivity contribution in [2.45, 2.75) is 24.8 Å². The van der Waals surface area contributed by atoms with E-state index in [0.717, 1.165) is 9.82 Å². The number of nitrogens with zero attached hydrogens (tertiary/aromatic N) is 3. The molecule has 29 heavy (non-hydrogen) atoms. The lowest BCUT2D eigenvalue weighted by atomic mass is 10.1. The topological polar surface area (TPSA) is 101 Å². The first-order valence-corrected chi connectivity index (χ1v) is 10.4. The Morgan fingerprint density at radius 2 is 1.79 bits per heavy atom. The van der Waals surface area contributed by atoms with Gasteiger partial charge in [-0.25, -0.2) is 17.7 Å². The van der Waals surface area contributed by atoms with Crippen LogP contribution < -0.4 is 5.32 Å². The van der Waals surface area contributed by atoms with Crippen LogP contribution in [0.4, 0.5) is 5.69 Å². The Hall–Kier alpha value is -3.04. The Balaban J connectivity index is 1.67. The van der Waals surface area contributed by atoms with E-state index >= 15 is 0 Å². The molecule has 3 rings (SSSR count). The van der Waals surface area contributed by atoms with Gasteiger partial charge in [-0.15, -0.1) is 0 Å². The molecule has 8 nitrogen and oxygen atoms in total. The highest BCUT2D eigenvalue weighted by molar-refractivity contribution is 7.89. The minimum Gasteiger partial charge on any atom is -0.330 e. The molecular weight excluding hydrogens is 392 g/mol. The van der Waals surface area contributed by atoms with E-state index in [0.29, 0.717) is 23.3 Å². The first kappa shape index (κ1) is 20.7. The van der Waals surface area contributed by atoms with Crippen LogP contribution in [0.5, 0.6) is 0 Å². The second kappa shape index (κ2) is 8.14. The summed E-state index contributed by atoms with van der Waals surface area (Å²) in [6.45, 7) is 1.88. The van der Waals surface area contributed by atoms with Gasteiger partial charge in [-0.2, -0.15) is 0 Å². The molecule has 0 saturated heterocycles. The van der Waals surface area contributed by atoms with Crippen LogP contribution in [0.25, 0.3) is 11.0 Å². The van der Waals surface area contributed by atoms with Crippen molar-refractivity contribution in [3.63, 3.8) is 0 Å². The molecule has 0 radical (unpaired) electrons. The molecule has 152 valence electrons. The van der Waals surface area contributed by atoms with Crippen molar-refractivity contribution >= 4 is 38.4 Å². The number of anilines is 1. The molecule has 1 heterocycles. The summed E-state index contributed by atoms with van der Waals surface area (Å²) in [7, 11) is -0.576. The molecule has 0 spiro atoms. The van der Waals surface area contributed by atoms with Crippen molar-refractivity contribution in [1.82, 2.24) is 13.9 Å². The Kier molecular flexibility index (Phi) is 5.81. The summed E-state index contributed by atoms with van der Waals surface area (Å²) in [6.07, 6.45) is 1.81. The smallest absolute Gasteiger partial charge is 0.242 e. The number of hydrogen-bond donors (Lipinski definition) is 1. The van der Waals surface area contributed by atoms with Crippen LogP contribution in [0.1, 0.15) is 23.7 Å². The van der Waals surface area contributed by atoms with Crippen LogP contribution in [0.15, 0.2) is 53.7 Å². The minimum atomic E-state index is -3.53. The molecule has 1 aromatic heterocycles. The van der Waals surface area contributed by atoms with E-state index in [-0.39, 0.29) is 23.0 Å². The number of amides is 1. The standard InChI is InChI=1S/C20H22N4O4S/c1-14(25)15-4-6-16(7-5-15)22-20(26)10-11-24-13-21-18-12-17(8-9-19(18)24)29(27,28)23(2)3/h4-9,12-13H,10-11H2,1-3H3,(H,22,26). The number of aromatic nitrogens is 2. The van der Waals surface area contributed by atoms with E-state index < -0.39 is 10.0 Å². The maximum Gasteiger partial charge on any atom is 0.242 e. The number of hydrogen-bond acceptors (Lipinski definition) is 5. The van der Waals surface area contributed by atoms with E-state index in [2.05, 4.69) is 10.3 Å². The van der Waals surface area contributed by atoms with Crippen LogP contribution in [-0.2, 0) is 21.4 Å². The number of aryl methyl sites for hydroxylation is 1. The molecule has 1 N–H and O–H groups in total. The molecule has 0 aliphatic carbocycles. The molecule has 3 aromatic rings. The van der Waals surface area contributed by atoms with Crippen molar-refractivity contribution in [1.29, 1.82) is 0 Å². The van der Waals surface area contributed by atoms with Gasteiger partial charge in [-0.3, -0.25) is 9.59 Å². The third-order valence-corrected chi connectivity index (χ3v) is 6.34. The number of carbonyl (C=O) groups is 2. The monoisotopic (exact) mass is 414 g/mol. The molecule has 2 aromatic carbocycles. The highest BCUT2D eigenvalue weighted by Crippen LogP contribution is 2.20. The van der Waals surface area contributed by atoms with Crippen molar-refractivity contribution in [3.05, 3.63) is 54.4 Å². The van der Waals surface area contributed by atoms with Crippen molar-refractivity contribution < 1.29 is 18.0 Å². The second-order valence-corrected chi connectivity index (χ2v) is 8.96. The number of benzene rings is 2. The summed E-state index contributed by atoms with van der Waals surface area (Å²) < 4.78 is 27.5. The summed E-state index contributed by atoms with van der Waals surface area (Å²) >= 11 is 0. The maximum absolute atomic E-state index is 12.2. The third kappa shape index (κ3) is 4.52. The molecule has 9 heteroatoms. The van der Waals surface area contributed by atoms with Gasteiger partial charge in [0.05, 0.1) is 22.3 Å². The van der Waals surface area contributed by atoms with Crippen LogP contribution in [0, 0.1) is 0 Å². The van der Waals surface area contributed by atoms with Gasteiger partial charge in [-0.05, 0) is 49.4 Å². The summed E-state index contributed by atoms with van der Waals surface area (Å²) in [5.74, 6) is -0.203. The fourth-order valence-electron chi connectivity index (χ4n) is 2.83. The van der Waals surface area contributed by atoms with E-state index in [1.54, 1.807) is 41.2 Å². The fraction of sp³-hybridized carbons (Fsp3) is 0.250. The molecule has 0 aliphatic rings. The van der Waals surface area contributed by atoms with Gasteiger partial charge in [-0.1, -0.05) is 0 Å². The zero-order chi connectivity index (χ0) is 21.2. The minimum absolute atomic E-state index is 0.0311. The number of Topliss-reactive ketones (excluding diaryl/α,β-unsaturated/α-hetero) is 1. The molecule has 0 atom stereocenters. The quantitative estimate of drug-likeness (QED) is 0.599. The van der Waals surface area contributed by atoms with E-state index in [9.17, 15) is 18.0 Å². The number of rotatable bonds is 7. The predicted molar refractivity (Wildman–Crippen MR) is 110 cm³/mol. The van der Waals surface area contributed by atoms with E-state index in [4.69, 9.17) is 0 Å². The van der Waals surface area contributed by atoms with Gasteiger partial charge < -0.3 is 9.88 Å². The van der Waals surface area contributed by atoms with Crippen LogP contribution in [-0.4, -0.2) is 48.1 Å². The summed E-state index contributed by atoms with van der Waals surface area (Å²) in [5, 5.41) is 2.79. The van der Waals surface area contributed by atoms with Gasteiger partial charge in [0.15, 0.2) is 5.78 Å². The average Bonchev–Trinajstić information content (AvgIpc) is 3.09. The molecule has 1 amide bonds. The molecule has 0 saturated carbocycles. The van der Waals surface area contributed by atoms with Crippen LogP contribution in [0.2, 0.25) is 0 Å². The average molecular weight is 414 g/mol. The molecular formula is C20H22N4O4S. The zero-order valence-electron chi connectivity index (χ0n) is 16.4. The Bertz CT molecular complexity index is 1160. The normalized spacial score (nSPS) is 11.7. The number of imidazole rings is 1. The van der Waals surface area contributed by atoms with Gasteiger partial charge in [0.25, 0.3) is 0 Å². The molecule has 0 bridgehead atoms. The van der Waals surface area contributed by atoms with Gasteiger partial charge >= 0.3 is 0 Å². The van der Waals surface area contributed by atoms with Crippen LogP contribution >= 0.6 is 0 Å². The van der Waals surface area contributed by atoms with Crippen molar-refractivity contribution in [2.24, 2.45) is 0 Å². The summed E-state index contributed by atoms with van der Waals surface area (Å²) in [5.41, 5.74) is 2.51. The number of ketones is 1. The lowest BCUT2D eigenvalue weighted by molar-refractivity contribution is -0.116. The fourth-order valence-corrected chi connectivity index (χ4v) is 3.75. The number of sulfonamides is 1. The Morgan fingerprint density at radius 3 is 2.41 bits per heavy atom. The number of fused-ring (bicyclic) bond motifs is 1. The lowest BCUT2D eigenvalue weighted by Crippen LogP contribution is -2.22. The third-order valence-electron chi connectivity index (χ3n) is 4.53. The molecule has 0 fully saturated rings. The number of nitrogens with one attached hydrogen (secondary N) is 1. The summed E-state index contributed by atoms with van der Waals surface area (Å²) in [6, 6.07) is 11.5. The second-order valence-electron chi connectivity index (χ2n) is 6.81. The Labute approximate surface area is 169 Å². The van der Waals surface area contributed by atoms with Gasteiger partial charge in [0, 0.05) is 38.3 Å². The maximum atomic E-state index is 12.2. The summed E-state index contributed by atoms with van der Waals surface area (Å²) in [4.78, 5) is 28.0. The first-order chi connectivity index (χ1) is 13.7. The predicted octanol–water partition coefficient (Wildman–Crippen LogP) is 2.52. The lowest BCUT2D eigenvalue weighted by Gasteiger charge is -2.11. The van der Waals surface area contributed by atoms with Crippen LogP contribution in [0.3, 0.4) is 0 Å². The molecule has 0 aliphatic heterocycles. The zero-order valence-corrected chi connectivity index (χ0v) is 17.2. The van der Waals surface area contributed by atoms with E-state index in [1.807, 2.05) is 0 Å². The SMILES string of the molecule is CC(=O)c1ccc(NC(=O)CCn2cnc3cc(S(=O)(=O)N(C)C)ccc32)cc1. The van der Waals surface area contributed by atoms with Crippen molar-refractivity contribution in [3.8, 4) is 0 Å².